The maximum atomic E-state index is 14.2. The molecular weight excluding hydrogens is 459 g/mol. The summed E-state index contributed by atoms with van der Waals surface area (Å²) in [6, 6.07) is 7.20. The van der Waals surface area contributed by atoms with E-state index in [0.29, 0.717) is 0 Å². The van der Waals surface area contributed by atoms with Gasteiger partial charge >= 0.3 is 0 Å². The normalized spacial score (nSPS) is 15.9. The highest BCUT2D eigenvalue weighted by atomic mass is 79.9. The molecule has 1 amide bonds. The lowest BCUT2D eigenvalue weighted by atomic mass is 10.3. The largest absolute Gasteiger partial charge is 0.379 e. The van der Waals surface area contributed by atoms with Crippen molar-refractivity contribution in [1.82, 2.24) is 4.31 Å². The van der Waals surface area contributed by atoms with Crippen LogP contribution in [0.15, 0.2) is 45.1 Å². The maximum Gasteiger partial charge on any atom is 0.248 e. The summed E-state index contributed by atoms with van der Waals surface area (Å²) >= 11 is 4.80. The molecule has 0 spiro atoms. The van der Waals surface area contributed by atoms with Crippen LogP contribution in [0.5, 0.6) is 0 Å². The van der Waals surface area contributed by atoms with E-state index < -0.39 is 26.6 Å². The van der Waals surface area contributed by atoms with E-state index in [9.17, 15) is 17.6 Å². The van der Waals surface area contributed by atoms with Gasteiger partial charge in [0.25, 0.3) is 0 Å². The Morgan fingerprint density at radius 2 is 2.00 bits per heavy atom. The Labute approximate surface area is 168 Å². The summed E-state index contributed by atoms with van der Waals surface area (Å²) in [6.07, 6.45) is 2.97. The fourth-order valence-corrected chi connectivity index (χ4v) is 5.29. The number of hydrogen-bond donors (Lipinski definition) is 1. The van der Waals surface area contributed by atoms with Crippen molar-refractivity contribution >= 4 is 55.0 Å². The summed E-state index contributed by atoms with van der Waals surface area (Å²) in [5.41, 5.74) is 0.199. The summed E-state index contributed by atoms with van der Waals surface area (Å²) in [7, 11) is -4.00. The molecule has 3 rings (SSSR count). The Bertz CT molecular complexity index is 969. The van der Waals surface area contributed by atoms with Crippen molar-refractivity contribution < 1.29 is 22.3 Å². The average molecular weight is 475 g/mol. The van der Waals surface area contributed by atoms with E-state index in [0.717, 1.165) is 20.8 Å². The number of thiophene rings is 1. The molecule has 10 heteroatoms. The van der Waals surface area contributed by atoms with Crippen molar-refractivity contribution in [2.75, 3.05) is 31.6 Å². The molecule has 0 unspecified atom stereocenters. The predicted molar refractivity (Wildman–Crippen MR) is 106 cm³/mol. The first-order valence-electron chi connectivity index (χ1n) is 7.98. The van der Waals surface area contributed by atoms with Crippen molar-refractivity contribution in [3.8, 4) is 0 Å². The van der Waals surface area contributed by atoms with Crippen molar-refractivity contribution in [3.05, 3.63) is 50.9 Å². The van der Waals surface area contributed by atoms with E-state index in [2.05, 4.69) is 21.2 Å². The number of carbonyl (C=O) groups excluding carboxylic acids is 1. The molecule has 0 atom stereocenters. The van der Waals surface area contributed by atoms with E-state index in [1.807, 2.05) is 12.1 Å². The molecule has 2 heterocycles. The Hall–Kier alpha value is -1.59. The van der Waals surface area contributed by atoms with Crippen LogP contribution in [-0.4, -0.2) is 44.9 Å². The average Bonchev–Trinajstić information content (AvgIpc) is 3.07. The summed E-state index contributed by atoms with van der Waals surface area (Å²) in [5, 5.41) is 2.55. The molecule has 1 aliphatic rings. The molecular formula is C17H16BrFN2O4S2. The zero-order chi connectivity index (χ0) is 19.4. The quantitative estimate of drug-likeness (QED) is 0.674. The Morgan fingerprint density at radius 3 is 2.67 bits per heavy atom. The summed E-state index contributed by atoms with van der Waals surface area (Å²) in [4.78, 5) is 12.5. The monoisotopic (exact) mass is 474 g/mol. The number of nitrogens with zero attached hydrogens (tertiary/aromatic N) is 1. The first-order valence-corrected chi connectivity index (χ1v) is 11.0. The maximum absolute atomic E-state index is 14.2. The summed E-state index contributed by atoms with van der Waals surface area (Å²) in [6.45, 7) is 0.858. The smallest absolute Gasteiger partial charge is 0.248 e. The zero-order valence-electron chi connectivity index (χ0n) is 14.0. The molecule has 1 aliphatic heterocycles. The molecule has 0 aliphatic carbocycles. The van der Waals surface area contributed by atoms with Gasteiger partial charge in [-0.2, -0.15) is 4.31 Å². The van der Waals surface area contributed by atoms with Gasteiger partial charge in [-0.1, -0.05) is 0 Å². The second kappa shape index (κ2) is 8.61. The van der Waals surface area contributed by atoms with Crippen molar-refractivity contribution in [1.29, 1.82) is 0 Å². The van der Waals surface area contributed by atoms with Crippen LogP contribution in [-0.2, 0) is 19.6 Å². The SMILES string of the molecule is O=C(C=Cc1ccc(Br)s1)Nc1ccc(F)c(S(=O)(=O)N2CCOCC2)c1. The molecule has 1 aromatic carbocycles. The van der Waals surface area contributed by atoms with Crippen molar-refractivity contribution in [2.45, 2.75) is 4.90 Å². The fourth-order valence-electron chi connectivity index (χ4n) is 2.46. The number of hydrogen-bond acceptors (Lipinski definition) is 5. The minimum atomic E-state index is -4.00. The van der Waals surface area contributed by atoms with E-state index >= 15 is 0 Å². The number of amides is 1. The van der Waals surface area contributed by atoms with Crippen molar-refractivity contribution in [3.63, 3.8) is 0 Å². The van der Waals surface area contributed by atoms with Crippen LogP contribution < -0.4 is 5.32 Å². The van der Waals surface area contributed by atoms with Crippen LogP contribution in [0.4, 0.5) is 10.1 Å². The second-order valence-corrected chi connectivity index (χ2v) is 10.0. The predicted octanol–water partition coefficient (Wildman–Crippen LogP) is 3.32. The number of rotatable bonds is 5. The van der Waals surface area contributed by atoms with Gasteiger partial charge in [0, 0.05) is 29.7 Å². The highest BCUT2D eigenvalue weighted by Gasteiger charge is 2.29. The molecule has 0 saturated carbocycles. The van der Waals surface area contributed by atoms with Gasteiger partial charge in [0.2, 0.25) is 15.9 Å². The Morgan fingerprint density at radius 1 is 1.26 bits per heavy atom. The highest BCUT2D eigenvalue weighted by molar-refractivity contribution is 9.11. The molecule has 2 aromatic rings. The molecule has 144 valence electrons. The van der Waals surface area contributed by atoms with Gasteiger partial charge in [-0.25, -0.2) is 12.8 Å². The van der Waals surface area contributed by atoms with Gasteiger partial charge in [-0.3, -0.25) is 4.79 Å². The Balaban J connectivity index is 1.76. The third-order valence-corrected chi connectivity index (χ3v) is 7.28. The number of nitrogens with one attached hydrogen (secondary N) is 1. The van der Waals surface area contributed by atoms with Crippen LogP contribution in [0, 0.1) is 5.82 Å². The van der Waals surface area contributed by atoms with E-state index in [1.54, 1.807) is 6.08 Å². The van der Waals surface area contributed by atoms with Crippen LogP contribution >= 0.6 is 27.3 Å². The fraction of sp³-hybridized carbons (Fsp3) is 0.235. The number of carbonyl (C=O) groups is 1. The molecule has 1 N–H and O–H groups in total. The topological polar surface area (TPSA) is 75.7 Å². The minimum Gasteiger partial charge on any atom is -0.379 e. The van der Waals surface area contributed by atoms with Gasteiger partial charge in [0.05, 0.1) is 17.0 Å². The molecule has 1 fully saturated rings. The lowest BCUT2D eigenvalue weighted by Gasteiger charge is -2.26. The first kappa shape index (κ1) is 20.2. The van der Waals surface area contributed by atoms with Crippen LogP contribution in [0.1, 0.15) is 4.88 Å². The first-order chi connectivity index (χ1) is 12.9. The van der Waals surface area contributed by atoms with Gasteiger partial charge in [-0.05, 0) is 52.3 Å². The van der Waals surface area contributed by atoms with Gasteiger partial charge in [0.1, 0.15) is 10.7 Å². The van der Waals surface area contributed by atoms with Crippen LogP contribution in [0.2, 0.25) is 0 Å². The summed E-state index contributed by atoms with van der Waals surface area (Å²) in [5.74, 6) is -1.31. The lowest BCUT2D eigenvalue weighted by molar-refractivity contribution is -0.111. The van der Waals surface area contributed by atoms with Crippen LogP contribution in [0.25, 0.3) is 6.08 Å². The third kappa shape index (κ3) is 5.02. The molecule has 0 bridgehead atoms. The number of morpholine rings is 1. The number of ether oxygens (including phenoxy) is 1. The molecule has 1 aromatic heterocycles. The number of anilines is 1. The Kier molecular flexibility index (Phi) is 6.43. The standard InChI is InChI=1S/C17H16BrFN2O4S2/c18-16-5-2-13(26-16)3-6-17(22)20-12-1-4-14(19)15(11-12)27(23,24)21-7-9-25-10-8-21/h1-6,11H,7-10H2,(H,20,22). The van der Waals surface area contributed by atoms with E-state index in [4.69, 9.17) is 4.74 Å². The second-order valence-electron chi connectivity index (χ2n) is 5.63. The molecule has 1 saturated heterocycles. The molecule has 27 heavy (non-hydrogen) atoms. The molecule has 0 radical (unpaired) electrons. The van der Waals surface area contributed by atoms with Gasteiger partial charge in [0.15, 0.2) is 0 Å². The van der Waals surface area contributed by atoms with E-state index in [1.165, 1.54) is 27.8 Å². The van der Waals surface area contributed by atoms with Crippen LogP contribution in [0.3, 0.4) is 0 Å². The van der Waals surface area contributed by atoms with Gasteiger partial charge in [-0.15, -0.1) is 11.3 Å². The molecule has 6 nitrogen and oxygen atoms in total. The number of halogens is 2. The van der Waals surface area contributed by atoms with Gasteiger partial charge < -0.3 is 10.1 Å². The third-order valence-electron chi connectivity index (χ3n) is 3.78. The minimum absolute atomic E-state index is 0.164. The number of benzene rings is 1. The highest BCUT2D eigenvalue weighted by Crippen LogP contribution is 2.25. The zero-order valence-corrected chi connectivity index (χ0v) is 17.2. The summed E-state index contributed by atoms with van der Waals surface area (Å²) < 4.78 is 46.7. The van der Waals surface area contributed by atoms with Crippen molar-refractivity contribution in [2.24, 2.45) is 0 Å². The number of sulfonamides is 1. The lowest BCUT2D eigenvalue weighted by Crippen LogP contribution is -2.40. The van der Waals surface area contributed by atoms with E-state index in [-0.39, 0.29) is 32.0 Å².